The van der Waals surface area contributed by atoms with Gasteiger partial charge in [-0.3, -0.25) is 4.79 Å². The monoisotopic (exact) mass is 409 g/mol. The van der Waals surface area contributed by atoms with E-state index in [2.05, 4.69) is 0 Å². The summed E-state index contributed by atoms with van der Waals surface area (Å²) in [6.45, 7) is 5.77. The van der Waals surface area contributed by atoms with Gasteiger partial charge >= 0.3 is 0 Å². The number of hydrogen-bond acceptors (Lipinski definition) is 4. The van der Waals surface area contributed by atoms with Crippen LogP contribution in [0.1, 0.15) is 28.5 Å². The lowest BCUT2D eigenvalue weighted by molar-refractivity contribution is -0.130. The Kier molecular flexibility index (Phi) is 7.30. The summed E-state index contributed by atoms with van der Waals surface area (Å²) in [7, 11) is 1.64. The fourth-order valence-corrected chi connectivity index (χ4v) is 3.68. The molecule has 3 rings (SSSR count). The largest absolute Gasteiger partial charge is 0.493 e. The molecule has 0 aliphatic heterocycles. The highest BCUT2D eigenvalue weighted by atomic mass is 32.1. The van der Waals surface area contributed by atoms with E-state index in [-0.39, 0.29) is 5.91 Å². The molecule has 1 aromatic heterocycles. The predicted molar refractivity (Wildman–Crippen MR) is 118 cm³/mol. The van der Waals surface area contributed by atoms with Gasteiger partial charge in [0.05, 0.1) is 13.5 Å². The second-order valence-corrected chi connectivity index (χ2v) is 7.96. The first-order valence-corrected chi connectivity index (χ1v) is 10.6. The van der Waals surface area contributed by atoms with Gasteiger partial charge in [0.25, 0.3) is 0 Å². The number of thiophene rings is 1. The molecular weight excluding hydrogens is 382 g/mol. The Bertz CT molecular complexity index is 920. The van der Waals surface area contributed by atoms with Crippen molar-refractivity contribution in [3.05, 3.63) is 81.5 Å². The average molecular weight is 410 g/mol. The summed E-state index contributed by atoms with van der Waals surface area (Å²) < 4.78 is 11.4. The van der Waals surface area contributed by atoms with Crippen molar-refractivity contribution in [3.63, 3.8) is 0 Å². The molecule has 5 heteroatoms. The maximum absolute atomic E-state index is 12.8. The number of nitrogens with zero attached hydrogens (tertiary/aromatic N) is 1. The van der Waals surface area contributed by atoms with E-state index in [9.17, 15) is 4.79 Å². The first-order valence-electron chi connectivity index (χ1n) is 9.74. The molecule has 0 aliphatic carbocycles. The molecule has 0 fully saturated rings. The molecule has 0 radical (unpaired) electrons. The molecule has 1 heterocycles. The number of amides is 1. The molecular formula is C24H27NO3S. The zero-order valence-electron chi connectivity index (χ0n) is 17.2. The number of aryl methyl sites for hydroxylation is 1. The van der Waals surface area contributed by atoms with E-state index in [0.29, 0.717) is 37.6 Å². The molecule has 29 heavy (non-hydrogen) atoms. The van der Waals surface area contributed by atoms with Gasteiger partial charge in [0.2, 0.25) is 5.91 Å². The van der Waals surface area contributed by atoms with E-state index in [1.54, 1.807) is 18.4 Å². The van der Waals surface area contributed by atoms with E-state index >= 15 is 0 Å². The second-order valence-electron chi connectivity index (χ2n) is 6.92. The Morgan fingerprint density at radius 3 is 2.45 bits per heavy atom. The molecule has 3 aromatic rings. The fourth-order valence-electron chi connectivity index (χ4n) is 3.06. The van der Waals surface area contributed by atoms with Crippen LogP contribution in [0.25, 0.3) is 0 Å². The van der Waals surface area contributed by atoms with Gasteiger partial charge in [0, 0.05) is 18.0 Å². The van der Waals surface area contributed by atoms with Crippen molar-refractivity contribution >= 4 is 17.2 Å². The predicted octanol–water partition coefficient (Wildman–Crippen LogP) is 5.24. The Morgan fingerprint density at radius 2 is 1.79 bits per heavy atom. The normalized spacial score (nSPS) is 10.6. The first kappa shape index (κ1) is 20.9. The molecule has 152 valence electrons. The summed E-state index contributed by atoms with van der Waals surface area (Å²) in [6, 6.07) is 18.0. The van der Waals surface area contributed by atoms with Gasteiger partial charge in [-0.05, 0) is 48.6 Å². The molecule has 0 aliphatic rings. The highest BCUT2D eigenvalue weighted by molar-refractivity contribution is 7.09. The highest BCUT2D eigenvalue weighted by Gasteiger charge is 2.15. The second kappa shape index (κ2) is 10.1. The van der Waals surface area contributed by atoms with Crippen LogP contribution >= 0.6 is 11.3 Å². The Hall–Kier alpha value is -2.79. The Morgan fingerprint density at radius 1 is 1.03 bits per heavy atom. The number of ether oxygens (including phenoxy) is 2. The summed E-state index contributed by atoms with van der Waals surface area (Å²) in [5, 5.41) is 2.03. The zero-order valence-corrected chi connectivity index (χ0v) is 18.0. The fraction of sp³-hybridized carbons (Fsp3) is 0.292. The van der Waals surface area contributed by atoms with Crippen LogP contribution in [0, 0.1) is 6.92 Å². The maximum Gasteiger partial charge on any atom is 0.227 e. The van der Waals surface area contributed by atoms with Gasteiger partial charge in [-0.15, -0.1) is 11.3 Å². The van der Waals surface area contributed by atoms with Crippen molar-refractivity contribution in [3.8, 4) is 11.5 Å². The SMILES string of the molecule is CCN(Cc1ccc(OCc2cccs2)c(OC)c1)C(=O)Cc1ccc(C)cc1. The van der Waals surface area contributed by atoms with Crippen molar-refractivity contribution in [1.29, 1.82) is 0 Å². The van der Waals surface area contributed by atoms with E-state index in [1.165, 1.54) is 5.56 Å². The van der Waals surface area contributed by atoms with Gasteiger partial charge in [-0.2, -0.15) is 0 Å². The molecule has 0 saturated heterocycles. The smallest absolute Gasteiger partial charge is 0.227 e. The Labute approximate surface area is 176 Å². The molecule has 0 bridgehead atoms. The van der Waals surface area contributed by atoms with Crippen LogP contribution < -0.4 is 9.47 Å². The molecule has 0 atom stereocenters. The summed E-state index contributed by atoms with van der Waals surface area (Å²) in [5.74, 6) is 1.51. The van der Waals surface area contributed by atoms with E-state index in [0.717, 1.165) is 16.0 Å². The summed E-state index contributed by atoms with van der Waals surface area (Å²) in [5.41, 5.74) is 3.25. The lowest BCUT2D eigenvalue weighted by Gasteiger charge is -2.22. The van der Waals surface area contributed by atoms with Crippen LogP contribution in [0.5, 0.6) is 11.5 Å². The lowest BCUT2D eigenvalue weighted by Crippen LogP contribution is -2.31. The number of rotatable bonds is 9. The first-order chi connectivity index (χ1) is 14.1. The number of methoxy groups -OCH3 is 1. The molecule has 0 saturated carbocycles. The minimum atomic E-state index is 0.119. The molecule has 0 spiro atoms. The van der Waals surface area contributed by atoms with Gasteiger partial charge < -0.3 is 14.4 Å². The van der Waals surface area contributed by atoms with E-state index in [4.69, 9.17) is 9.47 Å². The van der Waals surface area contributed by atoms with Crippen LogP contribution in [0.2, 0.25) is 0 Å². The maximum atomic E-state index is 12.8. The molecule has 0 N–H and O–H groups in total. The minimum absolute atomic E-state index is 0.119. The number of hydrogen-bond donors (Lipinski definition) is 0. The third-order valence-corrected chi connectivity index (χ3v) is 5.61. The van der Waals surface area contributed by atoms with Crippen molar-refractivity contribution < 1.29 is 14.3 Å². The lowest BCUT2D eigenvalue weighted by atomic mass is 10.1. The van der Waals surface area contributed by atoms with Crippen molar-refractivity contribution in [1.82, 2.24) is 4.90 Å². The summed E-state index contributed by atoms with van der Waals surface area (Å²) >= 11 is 1.66. The summed E-state index contributed by atoms with van der Waals surface area (Å²) in [4.78, 5) is 15.8. The number of benzene rings is 2. The van der Waals surface area contributed by atoms with Crippen LogP contribution in [0.15, 0.2) is 60.0 Å². The standard InChI is InChI=1S/C24H27NO3S/c1-4-25(24(26)15-19-9-7-18(2)8-10-19)16-20-11-12-22(23(14-20)27-3)28-17-21-6-5-13-29-21/h5-14H,4,15-17H2,1-3H3. The topological polar surface area (TPSA) is 38.8 Å². The number of likely N-dealkylation sites (N-methyl/N-ethyl adjacent to an activating group) is 1. The minimum Gasteiger partial charge on any atom is -0.493 e. The van der Waals surface area contributed by atoms with Crippen molar-refractivity contribution in [2.45, 2.75) is 33.4 Å². The van der Waals surface area contributed by atoms with Crippen LogP contribution in [0.4, 0.5) is 0 Å². The third kappa shape index (κ3) is 5.84. The Balaban J connectivity index is 1.65. The third-order valence-electron chi connectivity index (χ3n) is 4.76. The quantitative estimate of drug-likeness (QED) is 0.485. The molecule has 1 amide bonds. The number of carbonyl (C=O) groups excluding carboxylic acids is 1. The van der Waals surface area contributed by atoms with Crippen LogP contribution in [0.3, 0.4) is 0 Å². The van der Waals surface area contributed by atoms with Crippen LogP contribution in [-0.2, 0) is 24.4 Å². The number of carbonyl (C=O) groups is 1. The van der Waals surface area contributed by atoms with Gasteiger partial charge in [0.15, 0.2) is 11.5 Å². The van der Waals surface area contributed by atoms with E-state index in [1.807, 2.05) is 78.7 Å². The zero-order chi connectivity index (χ0) is 20.6. The van der Waals surface area contributed by atoms with Gasteiger partial charge in [-0.1, -0.05) is 42.0 Å². The molecule has 0 unspecified atom stereocenters. The van der Waals surface area contributed by atoms with Crippen molar-refractivity contribution in [2.75, 3.05) is 13.7 Å². The average Bonchev–Trinajstić information content (AvgIpc) is 3.26. The molecule has 4 nitrogen and oxygen atoms in total. The van der Waals surface area contributed by atoms with Gasteiger partial charge in [0.1, 0.15) is 6.61 Å². The van der Waals surface area contributed by atoms with Crippen molar-refractivity contribution in [2.24, 2.45) is 0 Å². The summed E-state index contributed by atoms with van der Waals surface area (Å²) in [6.07, 6.45) is 0.410. The molecule has 2 aromatic carbocycles. The highest BCUT2D eigenvalue weighted by Crippen LogP contribution is 2.30. The van der Waals surface area contributed by atoms with Crippen LogP contribution in [-0.4, -0.2) is 24.5 Å². The van der Waals surface area contributed by atoms with E-state index < -0.39 is 0 Å². The van der Waals surface area contributed by atoms with Gasteiger partial charge in [-0.25, -0.2) is 0 Å².